The summed E-state index contributed by atoms with van der Waals surface area (Å²) >= 11 is 0. The zero-order valence-corrected chi connectivity index (χ0v) is 12.7. The van der Waals surface area contributed by atoms with E-state index in [0.717, 1.165) is 13.1 Å². The van der Waals surface area contributed by atoms with E-state index in [1.54, 1.807) is 18.2 Å². The van der Waals surface area contributed by atoms with Crippen molar-refractivity contribution in [2.45, 2.75) is 0 Å². The summed E-state index contributed by atoms with van der Waals surface area (Å²) in [6, 6.07) is 7.07. The van der Waals surface area contributed by atoms with Crippen LogP contribution in [0.25, 0.3) is 0 Å². The maximum Gasteiger partial charge on any atom is 0.339 e. The second-order valence-corrected chi connectivity index (χ2v) is 4.90. The van der Waals surface area contributed by atoms with E-state index in [-0.39, 0.29) is 0 Å². The number of nitrogens with zero attached hydrogens (tertiary/aromatic N) is 4. The van der Waals surface area contributed by atoms with Crippen molar-refractivity contribution in [1.29, 1.82) is 0 Å². The van der Waals surface area contributed by atoms with Crippen molar-refractivity contribution >= 4 is 23.4 Å². The van der Waals surface area contributed by atoms with Crippen LogP contribution in [0.1, 0.15) is 10.4 Å². The lowest BCUT2D eigenvalue weighted by molar-refractivity contribution is 0.0602. The topological polar surface area (TPSA) is 89.5 Å². The molecule has 1 fully saturated rings. The fraction of sp³-hybridized carbons (Fsp3) is 0.333. The molecule has 0 saturated carbocycles. The Labute approximate surface area is 133 Å². The molecule has 0 radical (unpaired) electrons. The van der Waals surface area contributed by atoms with Gasteiger partial charge in [-0.15, -0.1) is 5.10 Å². The number of methoxy groups -OCH3 is 1. The third-order valence-electron chi connectivity index (χ3n) is 3.44. The summed E-state index contributed by atoms with van der Waals surface area (Å²) < 4.78 is 10.1. The highest BCUT2D eigenvalue weighted by atomic mass is 16.5. The highest BCUT2D eigenvalue weighted by Crippen LogP contribution is 2.21. The predicted octanol–water partition coefficient (Wildman–Crippen LogP) is 1.24. The van der Waals surface area contributed by atoms with Gasteiger partial charge in [0.15, 0.2) is 5.82 Å². The number of anilines is 3. The molecule has 3 rings (SSSR count). The van der Waals surface area contributed by atoms with Crippen LogP contribution in [0.2, 0.25) is 0 Å². The smallest absolute Gasteiger partial charge is 0.339 e. The van der Waals surface area contributed by atoms with Crippen molar-refractivity contribution in [2.24, 2.45) is 0 Å². The first-order valence-electron chi connectivity index (χ1n) is 7.24. The summed E-state index contributed by atoms with van der Waals surface area (Å²) in [6.07, 6.45) is 1.51. The van der Waals surface area contributed by atoms with Crippen LogP contribution < -0.4 is 10.2 Å². The van der Waals surface area contributed by atoms with Crippen LogP contribution in [-0.4, -0.2) is 54.6 Å². The van der Waals surface area contributed by atoms with E-state index in [4.69, 9.17) is 9.47 Å². The van der Waals surface area contributed by atoms with Gasteiger partial charge in [0.2, 0.25) is 5.95 Å². The van der Waals surface area contributed by atoms with E-state index in [2.05, 4.69) is 20.5 Å². The highest BCUT2D eigenvalue weighted by Gasteiger charge is 2.16. The number of ether oxygens (including phenoxy) is 2. The van der Waals surface area contributed by atoms with Crippen molar-refractivity contribution in [3.05, 3.63) is 36.0 Å². The molecule has 0 unspecified atom stereocenters. The highest BCUT2D eigenvalue weighted by molar-refractivity contribution is 5.96. The van der Waals surface area contributed by atoms with Crippen molar-refractivity contribution in [1.82, 2.24) is 15.2 Å². The Morgan fingerprint density at radius 1 is 1.30 bits per heavy atom. The van der Waals surface area contributed by atoms with E-state index >= 15 is 0 Å². The molecule has 0 bridgehead atoms. The van der Waals surface area contributed by atoms with Gasteiger partial charge in [-0.3, -0.25) is 0 Å². The molecule has 1 aliphatic heterocycles. The van der Waals surface area contributed by atoms with Gasteiger partial charge < -0.3 is 19.7 Å². The number of aromatic nitrogens is 3. The van der Waals surface area contributed by atoms with Gasteiger partial charge in [0, 0.05) is 13.1 Å². The molecule has 2 heterocycles. The van der Waals surface area contributed by atoms with Crippen molar-refractivity contribution in [2.75, 3.05) is 43.6 Å². The minimum absolute atomic E-state index is 0.413. The number of esters is 1. The fourth-order valence-electron chi connectivity index (χ4n) is 2.27. The lowest BCUT2D eigenvalue weighted by atomic mass is 10.2. The van der Waals surface area contributed by atoms with Crippen LogP contribution in [0.15, 0.2) is 30.5 Å². The molecule has 23 heavy (non-hydrogen) atoms. The summed E-state index contributed by atoms with van der Waals surface area (Å²) in [5, 5.41) is 11.1. The van der Waals surface area contributed by atoms with E-state index in [9.17, 15) is 4.79 Å². The quantitative estimate of drug-likeness (QED) is 0.843. The monoisotopic (exact) mass is 315 g/mol. The number of nitrogens with one attached hydrogen (secondary N) is 1. The first-order chi connectivity index (χ1) is 11.3. The standard InChI is InChI=1S/C15H17N5O3/c1-22-14(21)11-4-2-3-5-12(11)17-13-10-16-19-15(18-13)20-6-8-23-9-7-20/h2-5,10H,6-9H2,1H3,(H,17,18,19). The fourth-order valence-corrected chi connectivity index (χ4v) is 2.27. The van der Waals surface area contributed by atoms with Crippen molar-refractivity contribution in [3.8, 4) is 0 Å². The largest absolute Gasteiger partial charge is 0.465 e. The van der Waals surface area contributed by atoms with Gasteiger partial charge in [0.05, 0.1) is 37.8 Å². The normalized spacial score (nSPS) is 14.4. The van der Waals surface area contributed by atoms with Crippen LogP contribution in [0.3, 0.4) is 0 Å². The van der Waals surface area contributed by atoms with Gasteiger partial charge in [-0.2, -0.15) is 10.1 Å². The second-order valence-electron chi connectivity index (χ2n) is 4.90. The Bertz CT molecular complexity index is 688. The van der Waals surface area contributed by atoms with E-state index in [0.29, 0.717) is 36.2 Å². The molecule has 120 valence electrons. The Morgan fingerprint density at radius 2 is 2.09 bits per heavy atom. The summed E-state index contributed by atoms with van der Waals surface area (Å²) in [5.41, 5.74) is 1.04. The molecule has 8 nitrogen and oxygen atoms in total. The number of rotatable bonds is 4. The molecule has 0 amide bonds. The summed E-state index contributed by atoms with van der Waals surface area (Å²) in [6.45, 7) is 2.74. The first-order valence-corrected chi connectivity index (χ1v) is 7.24. The minimum Gasteiger partial charge on any atom is -0.465 e. The molecule has 1 saturated heterocycles. The average molecular weight is 315 g/mol. The summed E-state index contributed by atoms with van der Waals surface area (Å²) in [5.74, 6) is 0.634. The van der Waals surface area contributed by atoms with Crippen LogP contribution in [0.4, 0.5) is 17.5 Å². The van der Waals surface area contributed by atoms with Gasteiger partial charge in [-0.25, -0.2) is 4.79 Å². The zero-order valence-electron chi connectivity index (χ0n) is 12.7. The number of carbonyl (C=O) groups excluding carboxylic acids is 1. The molecule has 2 aromatic rings. The number of morpholine rings is 1. The van der Waals surface area contributed by atoms with E-state index < -0.39 is 5.97 Å². The molecule has 8 heteroatoms. The van der Waals surface area contributed by atoms with Crippen LogP contribution >= 0.6 is 0 Å². The van der Waals surface area contributed by atoms with Gasteiger partial charge in [-0.1, -0.05) is 12.1 Å². The lowest BCUT2D eigenvalue weighted by Crippen LogP contribution is -2.37. The van der Waals surface area contributed by atoms with E-state index in [1.807, 2.05) is 11.0 Å². The first kappa shape index (κ1) is 15.2. The molecule has 0 aliphatic carbocycles. The third-order valence-corrected chi connectivity index (χ3v) is 3.44. The van der Waals surface area contributed by atoms with Gasteiger partial charge in [0.1, 0.15) is 0 Å². The second kappa shape index (κ2) is 7.01. The Hall–Kier alpha value is -2.74. The van der Waals surface area contributed by atoms with Crippen LogP contribution in [0, 0.1) is 0 Å². The number of hydrogen-bond acceptors (Lipinski definition) is 8. The van der Waals surface area contributed by atoms with E-state index in [1.165, 1.54) is 13.3 Å². The zero-order chi connectivity index (χ0) is 16.1. The molecule has 1 N–H and O–H groups in total. The van der Waals surface area contributed by atoms with Gasteiger partial charge >= 0.3 is 5.97 Å². The molecule has 1 aromatic carbocycles. The van der Waals surface area contributed by atoms with Crippen molar-refractivity contribution in [3.63, 3.8) is 0 Å². The Kier molecular flexibility index (Phi) is 4.62. The molecule has 1 aromatic heterocycles. The van der Waals surface area contributed by atoms with Gasteiger partial charge in [0.25, 0.3) is 0 Å². The lowest BCUT2D eigenvalue weighted by Gasteiger charge is -2.26. The third kappa shape index (κ3) is 3.54. The Morgan fingerprint density at radius 3 is 2.87 bits per heavy atom. The SMILES string of the molecule is COC(=O)c1ccccc1Nc1cnnc(N2CCOCC2)n1. The van der Waals surface area contributed by atoms with Gasteiger partial charge in [-0.05, 0) is 12.1 Å². The molecule has 0 spiro atoms. The maximum atomic E-state index is 11.8. The number of para-hydroxylation sites is 1. The predicted molar refractivity (Wildman–Crippen MR) is 83.9 cm³/mol. The average Bonchev–Trinajstić information content (AvgIpc) is 2.62. The molecule has 0 atom stereocenters. The number of carbonyl (C=O) groups is 1. The maximum absolute atomic E-state index is 11.8. The molecular formula is C15H17N5O3. The number of benzene rings is 1. The summed E-state index contributed by atoms with van der Waals surface area (Å²) in [4.78, 5) is 18.3. The van der Waals surface area contributed by atoms with Crippen LogP contribution in [0.5, 0.6) is 0 Å². The number of hydrogen-bond donors (Lipinski definition) is 1. The molecule has 1 aliphatic rings. The Balaban J connectivity index is 1.82. The van der Waals surface area contributed by atoms with Crippen molar-refractivity contribution < 1.29 is 14.3 Å². The van der Waals surface area contributed by atoms with Crippen LogP contribution in [-0.2, 0) is 9.47 Å². The molecular weight excluding hydrogens is 298 g/mol. The minimum atomic E-state index is -0.413. The summed E-state index contributed by atoms with van der Waals surface area (Å²) in [7, 11) is 1.35.